The third-order valence-corrected chi connectivity index (χ3v) is 6.71. The van der Waals surface area contributed by atoms with Gasteiger partial charge in [0.2, 0.25) is 0 Å². The Bertz CT molecular complexity index is 594. The van der Waals surface area contributed by atoms with E-state index >= 15 is 0 Å². The van der Waals surface area contributed by atoms with E-state index in [-0.39, 0.29) is 6.04 Å². The fraction of sp³-hybridized carbons (Fsp3) is 0.500. The molecule has 1 unspecified atom stereocenters. The SMILES string of the molecule is CCCNC(c1cc2c(s1)CCCC2)c1cc(Cl)sc1Cl. The van der Waals surface area contributed by atoms with Crippen LogP contribution in [-0.2, 0) is 12.8 Å². The Morgan fingerprint density at radius 3 is 2.67 bits per heavy atom. The van der Waals surface area contributed by atoms with E-state index in [1.165, 1.54) is 41.9 Å². The summed E-state index contributed by atoms with van der Waals surface area (Å²) in [6.07, 6.45) is 6.21. The number of nitrogens with one attached hydrogen (secondary N) is 1. The zero-order valence-electron chi connectivity index (χ0n) is 12.0. The summed E-state index contributed by atoms with van der Waals surface area (Å²) < 4.78 is 1.57. The molecule has 1 nitrogen and oxygen atoms in total. The van der Waals surface area contributed by atoms with Crippen molar-refractivity contribution in [2.45, 2.75) is 45.1 Å². The lowest BCUT2D eigenvalue weighted by molar-refractivity contribution is 0.607. The summed E-state index contributed by atoms with van der Waals surface area (Å²) in [5.74, 6) is 0. The monoisotopic (exact) mass is 359 g/mol. The second-order valence-corrected chi connectivity index (χ2v) is 8.92. The number of hydrogen-bond donors (Lipinski definition) is 1. The smallest absolute Gasteiger partial charge is 0.0995 e. The Morgan fingerprint density at radius 2 is 2.00 bits per heavy atom. The maximum atomic E-state index is 6.39. The van der Waals surface area contributed by atoms with Gasteiger partial charge in [0, 0.05) is 15.3 Å². The second kappa shape index (κ2) is 7.01. The molecule has 0 aromatic carbocycles. The molecular weight excluding hydrogens is 341 g/mol. The number of aryl methyl sites for hydroxylation is 2. The first-order valence-electron chi connectivity index (χ1n) is 7.48. The molecule has 2 heterocycles. The maximum Gasteiger partial charge on any atom is 0.0995 e. The highest BCUT2D eigenvalue weighted by Gasteiger charge is 2.23. The molecule has 3 rings (SSSR count). The average molecular weight is 360 g/mol. The van der Waals surface area contributed by atoms with Crippen LogP contribution in [0.2, 0.25) is 8.67 Å². The zero-order chi connectivity index (χ0) is 14.8. The summed E-state index contributed by atoms with van der Waals surface area (Å²) >= 11 is 15.9. The molecule has 0 aliphatic heterocycles. The van der Waals surface area contributed by atoms with Crippen LogP contribution >= 0.6 is 45.9 Å². The molecule has 0 spiro atoms. The molecule has 0 bridgehead atoms. The van der Waals surface area contributed by atoms with Crippen molar-refractivity contribution in [2.75, 3.05) is 6.54 Å². The normalized spacial score (nSPS) is 16.0. The molecule has 21 heavy (non-hydrogen) atoms. The summed E-state index contributed by atoms with van der Waals surface area (Å²) in [5.41, 5.74) is 2.67. The fourth-order valence-corrected chi connectivity index (χ4v) is 5.74. The van der Waals surface area contributed by atoms with Crippen molar-refractivity contribution >= 4 is 45.9 Å². The lowest BCUT2D eigenvalue weighted by atomic mass is 9.98. The van der Waals surface area contributed by atoms with Gasteiger partial charge in [-0.3, -0.25) is 0 Å². The predicted molar refractivity (Wildman–Crippen MR) is 95.4 cm³/mol. The van der Waals surface area contributed by atoms with Gasteiger partial charge in [0.1, 0.15) is 0 Å². The van der Waals surface area contributed by atoms with Gasteiger partial charge in [-0.05, 0) is 56.3 Å². The second-order valence-electron chi connectivity index (χ2n) is 5.47. The highest BCUT2D eigenvalue weighted by atomic mass is 35.5. The van der Waals surface area contributed by atoms with Crippen molar-refractivity contribution < 1.29 is 0 Å². The zero-order valence-corrected chi connectivity index (χ0v) is 15.2. The van der Waals surface area contributed by atoms with Crippen molar-refractivity contribution in [3.05, 3.63) is 41.7 Å². The molecule has 5 heteroatoms. The van der Waals surface area contributed by atoms with Crippen molar-refractivity contribution in [2.24, 2.45) is 0 Å². The van der Waals surface area contributed by atoms with Gasteiger partial charge in [-0.1, -0.05) is 30.1 Å². The van der Waals surface area contributed by atoms with Crippen LogP contribution < -0.4 is 5.32 Å². The van der Waals surface area contributed by atoms with Gasteiger partial charge < -0.3 is 5.32 Å². The van der Waals surface area contributed by atoms with Crippen molar-refractivity contribution in [1.29, 1.82) is 0 Å². The quantitative estimate of drug-likeness (QED) is 0.681. The fourth-order valence-electron chi connectivity index (χ4n) is 2.86. The third kappa shape index (κ3) is 3.48. The Labute approximate surface area is 144 Å². The van der Waals surface area contributed by atoms with E-state index in [4.69, 9.17) is 23.2 Å². The standard InChI is InChI=1S/C16H19Cl2NS2/c1-2-7-19-15(11-9-14(17)21-16(11)18)13-8-10-5-3-4-6-12(10)20-13/h8-9,15,19H,2-7H2,1H3. The first-order chi connectivity index (χ1) is 10.2. The van der Waals surface area contributed by atoms with Crippen LogP contribution in [0.15, 0.2) is 12.1 Å². The van der Waals surface area contributed by atoms with E-state index in [2.05, 4.69) is 18.3 Å². The van der Waals surface area contributed by atoms with E-state index in [9.17, 15) is 0 Å². The van der Waals surface area contributed by atoms with Crippen molar-refractivity contribution in [3.8, 4) is 0 Å². The van der Waals surface area contributed by atoms with Gasteiger partial charge in [-0.2, -0.15) is 0 Å². The minimum Gasteiger partial charge on any atom is -0.306 e. The Hall–Kier alpha value is -0.0600. The van der Waals surface area contributed by atoms with Gasteiger partial charge in [-0.15, -0.1) is 22.7 Å². The van der Waals surface area contributed by atoms with Crippen molar-refractivity contribution in [1.82, 2.24) is 5.32 Å². The lowest BCUT2D eigenvalue weighted by Crippen LogP contribution is -2.22. The molecule has 1 N–H and O–H groups in total. The third-order valence-electron chi connectivity index (χ3n) is 3.89. The highest BCUT2D eigenvalue weighted by molar-refractivity contribution is 7.20. The summed E-state index contributed by atoms with van der Waals surface area (Å²) in [6.45, 7) is 3.17. The van der Waals surface area contributed by atoms with E-state index in [1.54, 1.807) is 10.4 Å². The minimum atomic E-state index is 0.178. The summed E-state index contributed by atoms with van der Waals surface area (Å²) in [5, 5.41) is 3.64. The van der Waals surface area contributed by atoms with Crippen LogP contribution in [0.5, 0.6) is 0 Å². The van der Waals surface area contributed by atoms with Gasteiger partial charge in [-0.25, -0.2) is 0 Å². The van der Waals surface area contributed by atoms with Crippen LogP contribution in [-0.4, -0.2) is 6.54 Å². The molecule has 0 fully saturated rings. The van der Waals surface area contributed by atoms with Gasteiger partial charge in [0.05, 0.1) is 14.7 Å². The molecule has 0 amide bonds. The van der Waals surface area contributed by atoms with Gasteiger partial charge in [0.15, 0.2) is 0 Å². The van der Waals surface area contributed by atoms with Crippen LogP contribution in [0.3, 0.4) is 0 Å². The van der Waals surface area contributed by atoms with Crippen LogP contribution in [0.25, 0.3) is 0 Å². The lowest BCUT2D eigenvalue weighted by Gasteiger charge is -2.16. The molecular formula is C16H19Cl2NS2. The van der Waals surface area contributed by atoms with Crippen LogP contribution in [0, 0.1) is 0 Å². The van der Waals surface area contributed by atoms with Crippen LogP contribution in [0.1, 0.15) is 53.1 Å². The average Bonchev–Trinajstić information content (AvgIpc) is 3.03. The molecule has 0 radical (unpaired) electrons. The number of halogens is 2. The molecule has 0 saturated heterocycles. The van der Waals surface area contributed by atoms with E-state index in [1.807, 2.05) is 17.4 Å². The molecule has 0 saturated carbocycles. The van der Waals surface area contributed by atoms with E-state index in [0.717, 1.165) is 27.2 Å². The van der Waals surface area contributed by atoms with E-state index in [0.29, 0.717) is 0 Å². The molecule has 2 aromatic heterocycles. The maximum absolute atomic E-state index is 6.39. The highest BCUT2D eigenvalue weighted by Crippen LogP contribution is 2.41. The van der Waals surface area contributed by atoms with Gasteiger partial charge >= 0.3 is 0 Å². The Kier molecular flexibility index (Phi) is 5.28. The summed E-state index contributed by atoms with van der Waals surface area (Å²) in [4.78, 5) is 2.95. The number of hydrogen-bond acceptors (Lipinski definition) is 3. The topological polar surface area (TPSA) is 12.0 Å². The van der Waals surface area contributed by atoms with E-state index < -0.39 is 0 Å². The molecule has 1 aliphatic rings. The molecule has 114 valence electrons. The minimum absolute atomic E-state index is 0.178. The van der Waals surface area contributed by atoms with Crippen LogP contribution in [0.4, 0.5) is 0 Å². The number of rotatable bonds is 5. The summed E-state index contributed by atoms with van der Waals surface area (Å²) in [7, 11) is 0. The molecule has 1 atom stereocenters. The first-order valence-corrected chi connectivity index (χ1v) is 9.87. The molecule has 1 aliphatic carbocycles. The Morgan fingerprint density at radius 1 is 1.19 bits per heavy atom. The first kappa shape index (κ1) is 15.8. The number of fused-ring (bicyclic) bond motifs is 1. The number of thiophene rings is 2. The predicted octanol–water partition coefficient (Wildman–Crippen LogP) is 6.08. The van der Waals surface area contributed by atoms with Crippen molar-refractivity contribution in [3.63, 3.8) is 0 Å². The Balaban J connectivity index is 1.95. The van der Waals surface area contributed by atoms with Gasteiger partial charge in [0.25, 0.3) is 0 Å². The molecule has 2 aromatic rings. The summed E-state index contributed by atoms with van der Waals surface area (Å²) in [6, 6.07) is 4.58. The largest absolute Gasteiger partial charge is 0.306 e.